The van der Waals surface area contributed by atoms with Crippen LogP contribution in [0.5, 0.6) is 5.75 Å². The van der Waals surface area contributed by atoms with E-state index < -0.39 is 0 Å². The lowest BCUT2D eigenvalue weighted by molar-refractivity contribution is 0.271. The van der Waals surface area contributed by atoms with E-state index in [0.29, 0.717) is 23.2 Å². The third-order valence-electron chi connectivity index (χ3n) is 2.39. The molecule has 0 aliphatic carbocycles. The molecule has 5 nitrogen and oxygen atoms in total. The first-order valence-corrected chi connectivity index (χ1v) is 7.08. The van der Waals surface area contributed by atoms with E-state index in [1.807, 2.05) is 48.8 Å². The monoisotopic (exact) mass is 287 g/mol. The van der Waals surface area contributed by atoms with Gasteiger partial charge in [-0.15, -0.1) is 0 Å². The third kappa shape index (κ3) is 3.80. The number of nitrogens with zero attached hydrogens (tertiary/aromatic N) is 2. The average Bonchev–Trinajstić information content (AvgIpc) is 2.99. The van der Waals surface area contributed by atoms with Crippen LogP contribution in [0.4, 0.5) is 5.69 Å². The maximum atomic E-state index is 8.64. The molecule has 0 amide bonds. The number of thioether (sulfide) groups is 1. The van der Waals surface area contributed by atoms with Gasteiger partial charge in [0.2, 0.25) is 0 Å². The fourth-order valence-corrected chi connectivity index (χ4v) is 1.83. The molecule has 0 aliphatic rings. The molecule has 0 atom stereocenters. The third-order valence-corrected chi connectivity index (χ3v) is 2.97. The molecule has 0 aliphatic heterocycles. The summed E-state index contributed by atoms with van der Waals surface area (Å²) in [5.41, 5.74) is 0.658. The van der Waals surface area contributed by atoms with Crippen LogP contribution in [0.15, 0.2) is 52.1 Å². The lowest BCUT2D eigenvalue weighted by Gasteiger charge is -2.08. The second kappa shape index (κ2) is 7.26. The molecule has 0 unspecified atom stereocenters. The molecule has 20 heavy (non-hydrogen) atoms. The van der Waals surface area contributed by atoms with Crippen molar-refractivity contribution in [3.8, 4) is 11.9 Å². The highest BCUT2D eigenvalue weighted by atomic mass is 32.2. The molecule has 6 heteroatoms. The number of nitriles is 1. The lowest BCUT2D eigenvalue weighted by atomic mass is 10.3. The Labute approximate surface area is 121 Å². The second-order valence-corrected chi connectivity index (χ2v) is 4.49. The number of amidine groups is 1. The first-order chi connectivity index (χ1) is 9.83. The standard InChI is InChI=1S/C14H13N3O2S/c1-20-14(16-10-15)17-12-6-2-3-7-13(12)19-9-11-5-4-8-18-11/h2-8H,9H2,1H3,(H,16,17). The smallest absolute Gasteiger partial charge is 0.183 e. The Morgan fingerprint density at radius 3 is 2.95 bits per heavy atom. The molecule has 0 saturated heterocycles. The lowest BCUT2D eigenvalue weighted by Crippen LogP contribution is -2.12. The molecule has 1 aromatic carbocycles. The van der Waals surface area contributed by atoms with Crippen LogP contribution in [0.1, 0.15) is 5.76 Å². The number of nitrogens with one attached hydrogen (secondary N) is 1. The minimum absolute atomic E-state index is 0.333. The Bertz CT molecular complexity index is 618. The fraction of sp³-hybridized carbons (Fsp3) is 0.143. The predicted molar refractivity (Wildman–Crippen MR) is 78.8 cm³/mol. The first kappa shape index (κ1) is 14.0. The van der Waals surface area contributed by atoms with Gasteiger partial charge in [-0.05, 0) is 30.5 Å². The van der Waals surface area contributed by atoms with E-state index in [-0.39, 0.29) is 0 Å². The number of ether oxygens (including phenoxy) is 1. The minimum atomic E-state index is 0.333. The number of hydrogen-bond acceptors (Lipinski definition) is 5. The largest absolute Gasteiger partial charge is 0.483 e. The molecule has 1 N–H and O–H groups in total. The maximum absolute atomic E-state index is 8.64. The van der Waals surface area contributed by atoms with Gasteiger partial charge in [-0.3, -0.25) is 5.32 Å². The van der Waals surface area contributed by atoms with E-state index in [0.717, 1.165) is 5.76 Å². The number of hydrogen-bond donors (Lipinski definition) is 1. The van der Waals surface area contributed by atoms with E-state index in [1.165, 1.54) is 11.8 Å². The van der Waals surface area contributed by atoms with E-state index in [1.54, 1.807) is 6.26 Å². The van der Waals surface area contributed by atoms with Crippen molar-refractivity contribution in [3.63, 3.8) is 0 Å². The normalized spacial score (nSPS) is 10.9. The Morgan fingerprint density at radius 2 is 2.25 bits per heavy atom. The summed E-state index contributed by atoms with van der Waals surface area (Å²) >= 11 is 1.36. The van der Waals surface area contributed by atoms with Crippen molar-refractivity contribution in [2.24, 2.45) is 4.99 Å². The summed E-state index contributed by atoms with van der Waals surface area (Å²) in [5, 5.41) is 11.7. The topological polar surface area (TPSA) is 70.6 Å². The first-order valence-electron chi connectivity index (χ1n) is 5.85. The van der Waals surface area contributed by atoms with Gasteiger partial charge in [0, 0.05) is 0 Å². The van der Waals surface area contributed by atoms with E-state index in [4.69, 9.17) is 14.4 Å². The Hall–Kier alpha value is -2.39. The van der Waals surface area contributed by atoms with Gasteiger partial charge in [0.15, 0.2) is 11.4 Å². The molecule has 1 aromatic heterocycles. The quantitative estimate of drug-likeness (QED) is 0.404. The van der Waals surface area contributed by atoms with Gasteiger partial charge in [0.1, 0.15) is 23.8 Å². The molecular formula is C14H13N3O2S. The van der Waals surface area contributed by atoms with Crippen LogP contribution < -0.4 is 10.1 Å². The van der Waals surface area contributed by atoms with E-state index >= 15 is 0 Å². The molecule has 1 heterocycles. The van der Waals surface area contributed by atoms with Crippen LogP contribution in [0, 0.1) is 11.5 Å². The zero-order valence-corrected chi connectivity index (χ0v) is 11.7. The highest BCUT2D eigenvalue weighted by Crippen LogP contribution is 2.28. The van der Waals surface area contributed by atoms with Crippen LogP contribution in [-0.2, 0) is 6.61 Å². The number of para-hydroxylation sites is 2. The second-order valence-electron chi connectivity index (χ2n) is 3.69. The summed E-state index contributed by atoms with van der Waals surface area (Å²) in [6, 6.07) is 11.0. The van der Waals surface area contributed by atoms with E-state index in [9.17, 15) is 0 Å². The molecule has 0 bridgehead atoms. The van der Waals surface area contributed by atoms with Gasteiger partial charge >= 0.3 is 0 Å². The van der Waals surface area contributed by atoms with Gasteiger partial charge in [-0.2, -0.15) is 5.26 Å². The maximum Gasteiger partial charge on any atom is 0.183 e. The van der Waals surface area contributed by atoms with E-state index in [2.05, 4.69) is 10.3 Å². The number of furan rings is 1. The Morgan fingerprint density at radius 1 is 1.40 bits per heavy atom. The zero-order valence-electron chi connectivity index (χ0n) is 10.9. The van der Waals surface area contributed by atoms with Crippen molar-refractivity contribution < 1.29 is 9.15 Å². The minimum Gasteiger partial charge on any atom is -0.483 e. The van der Waals surface area contributed by atoms with Gasteiger partial charge in [0.25, 0.3) is 0 Å². The zero-order chi connectivity index (χ0) is 14.2. The molecular weight excluding hydrogens is 274 g/mol. The highest BCUT2D eigenvalue weighted by molar-refractivity contribution is 8.13. The summed E-state index contributed by atoms with van der Waals surface area (Å²) in [5.74, 6) is 1.37. The number of aliphatic imine (C=N–C) groups is 1. The number of rotatable bonds is 4. The van der Waals surface area contributed by atoms with Crippen molar-refractivity contribution in [1.82, 2.24) is 5.32 Å². The summed E-state index contributed by atoms with van der Waals surface area (Å²) in [6.45, 7) is 0.333. The van der Waals surface area contributed by atoms with Gasteiger partial charge in [-0.25, -0.2) is 4.99 Å². The van der Waals surface area contributed by atoms with Crippen LogP contribution >= 0.6 is 11.8 Å². The van der Waals surface area contributed by atoms with Crippen molar-refractivity contribution in [1.29, 1.82) is 5.26 Å². The number of benzene rings is 1. The van der Waals surface area contributed by atoms with Crippen LogP contribution in [-0.4, -0.2) is 11.4 Å². The molecule has 2 rings (SSSR count). The summed E-state index contributed by atoms with van der Waals surface area (Å²) in [6.07, 6.45) is 5.30. The van der Waals surface area contributed by atoms with Gasteiger partial charge < -0.3 is 9.15 Å². The average molecular weight is 287 g/mol. The van der Waals surface area contributed by atoms with Crippen molar-refractivity contribution in [3.05, 3.63) is 48.4 Å². The molecule has 0 saturated carbocycles. The SMILES string of the molecule is CSC(=Nc1ccccc1OCc1ccco1)NC#N. The molecule has 0 fully saturated rings. The van der Waals surface area contributed by atoms with Crippen LogP contribution in [0.2, 0.25) is 0 Å². The van der Waals surface area contributed by atoms with Crippen LogP contribution in [0.25, 0.3) is 0 Å². The van der Waals surface area contributed by atoms with Crippen molar-refractivity contribution in [2.75, 3.05) is 6.26 Å². The van der Waals surface area contributed by atoms with Gasteiger partial charge in [-0.1, -0.05) is 23.9 Å². The molecule has 0 radical (unpaired) electrons. The Kier molecular flexibility index (Phi) is 5.09. The van der Waals surface area contributed by atoms with Crippen LogP contribution in [0.3, 0.4) is 0 Å². The Balaban J connectivity index is 2.15. The fourth-order valence-electron chi connectivity index (χ4n) is 1.50. The molecule has 102 valence electrons. The highest BCUT2D eigenvalue weighted by Gasteiger charge is 2.05. The van der Waals surface area contributed by atoms with Crippen molar-refractivity contribution in [2.45, 2.75) is 6.61 Å². The summed E-state index contributed by atoms with van der Waals surface area (Å²) in [4.78, 5) is 4.36. The molecule has 2 aromatic rings. The van der Waals surface area contributed by atoms with Gasteiger partial charge in [0.05, 0.1) is 6.26 Å². The van der Waals surface area contributed by atoms with Crippen molar-refractivity contribution >= 4 is 22.6 Å². The predicted octanol–water partition coefficient (Wildman–Crippen LogP) is 3.28. The molecule has 0 spiro atoms. The summed E-state index contributed by atoms with van der Waals surface area (Å²) < 4.78 is 10.9. The summed E-state index contributed by atoms with van der Waals surface area (Å²) in [7, 11) is 0.